The Morgan fingerprint density at radius 1 is 1.27 bits per heavy atom. The van der Waals surface area contributed by atoms with Crippen molar-refractivity contribution in [1.82, 2.24) is 4.90 Å². The SMILES string of the molecule is Cl.N[C@@H]1CCC[C@H]1CC(=O)N(Cc1ccccc1)CC(F)F. The largest absolute Gasteiger partial charge is 0.333 e. The molecule has 2 rings (SSSR count). The highest BCUT2D eigenvalue weighted by atomic mass is 35.5. The summed E-state index contributed by atoms with van der Waals surface area (Å²) >= 11 is 0. The van der Waals surface area contributed by atoms with Crippen LogP contribution in [0.2, 0.25) is 0 Å². The van der Waals surface area contributed by atoms with E-state index in [1.807, 2.05) is 30.3 Å². The molecule has 1 aromatic rings. The Bertz CT molecular complexity index is 459. The van der Waals surface area contributed by atoms with Gasteiger partial charge >= 0.3 is 0 Å². The van der Waals surface area contributed by atoms with Crippen LogP contribution in [0.3, 0.4) is 0 Å². The Hall–Kier alpha value is -1.20. The van der Waals surface area contributed by atoms with Crippen LogP contribution >= 0.6 is 12.4 Å². The lowest BCUT2D eigenvalue weighted by atomic mass is 9.99. The molecule has 1 fully saturated rings. The minimum Gasteiger partial charge on any atom is -0.333 e. The molecular weight excluding hydrogens is 310 g/mol. The van der Waals surface area contributed by atoms with Crippen LogP contribution in [-0.2, 0) is 11.3 Å². The molecular formula is C16H23ClF2N2O. The van der Waals surface area contributed by atoms with Crippen LogP contribution in [0.15, 0.2) is 30.3 Å². The van der Waals surface area contributed by atoms with Gasteiger partial charge in [-0.2, -0.15) is 0 Å². The maximum Gasteiger partial charge on any atom is 0.255 e. The van der Waals surface area contributed by atoms with Crippen LogP contribution in [0, 0.1) is 5.92 Å². The number of hydrogen-bond donors (Lipinski definition) is 1. The molecule has 0 saturated heterocycles. The summed E-state index contributed by atoms with van der Waals surface area (Å²) in [5.41, 5.74) is 6.83. The second-order valence-electron chi connectivity index (χ2n) is 5.71. The van der Waals surface area contributed by atoms with Gasteiger partial charge in [0.25, 0.3) is 6.43 Å². The van der Waals surface area contributed by atoms with E-state index in [4.69, 9.17) is 5.73 Å². The average molecular weight is 333 g/mol. The van der Waals surface area contributed by atoms with Crippen molar-refractivity contribution < 1.29 is 13.6 Å². The fourth-order valence-electron chi connectivity index (χ4n) is 2.90. The lowest BCUT2D eigenvalue weighted by Crippen LogP contribution is -2.37. The normalized spacial score (nSPS) is 20.7. The summed E-state index contributed by atoms with van der Waals surface area (Å²) in [7, 11) is 0. The van der Waals surface area contributed by atoms with Gasteiger partial charge in [0.2, 0.25) is 5.91 Å². The minimum absolute atomic E-state index is 0. The first-order chi connectivity index (χ1) is 10.1. The zero-order valence-corrected chi connectivity index (χ0v) is 13.3. The summed E-state index contributed by atoms with van der Waals surface area (Å²) in [6, 6.07) is 9.25. The molecule has 0 bridgehead atoms. The predicted molar refractivity (Wildman–Crippen MR) is 85.0 cm³/mol. The highest BCUT2D eigenvalue weighted by Gasteiger charge is 2.28. The third kappa shape index (κ3) is 5.54. The summed E-state index contributed by atoms with van der Waals surface area (Å²) in [6.45, 7) is -0.290. The second kappa shape index (κ2) is 9.06. The van der Waals surface area contributed by atoms with Gasteiger partial charge in [-0.25, -0.2) is 8.78 Å². The molecule has 2 N–H and O–H groups in total. The van der Waals surface area contributed by atoms with E-state index in [2.05, 4.69) is 0 Å². The second-order valence-corrected chi connectivity index (χ2v) is 5.71. The van der Waals surface area contributed by atoms with Gasteiger partial charge in [0, 0.05) is 19.0 Å². The molecule has 0 spiro atoms. The van der Waals surface area contributed by atoms with E-state index in [1.54, 1.807) is 0 Å². The van der Waals surface area contributed by atoms with E-state index >= 15 is 0 Å². The van der Waals surface area contributed by atoms with Crippen molar-refractivity contribution in [2.75, 3.05) is 6.54 Å². The number of rotatable bonds is 6. The van der Waals surface area contributed by atoms with Crippen molar-refractivity contribution >= 4 is 18.3 Å². The zero-order chi connectivity index (χ0) is 15.2. The smallest absolute Gasteiger partial charge is 0.255 e. The van der Waals surface area contributed by atoms with Gasteiger partial charge < -0.3 is 10.6 Å². The maximum absolute atomic E-state index is 12.7. The standard InChI is InChI=1S/C16H22F2N2O.ClH/c17-15(18)11-20(10-12-5-2-1-3-6-12)16(21)9-13-7-4-8-14(13)19;/h1-3,5-6,13-15H,4,7-11,19H2;1H/t13-,14+;/m0./s1. The molecule has 2 atom stereocenters. The molecule has 0 unspecified atom stereocenters. The molecule has 1 aliphatic rings. The lowest BCUT2D eigenvalue weighted by molar-refractivity contribution is -0.134. The van der Waals surface area contributed by atoms with Gasteiger partial charge in [0.15, 0.2) is 0 Å². The van der Waals surface area contributed by atoms with Crippen LogP contribution < -0.4 is 5.73 Å². The van der Waals surface area contributed by atoms with Gasteiger partial charge in [-0.3, -0.25) is 4.79 Å². The topological polar surface area (TPSA) is 46.3 Å². The summed E-state index contributed by atoms with van der Waals surface area (Å²) in [5.74, 6) is -0.0880. The maximum atomic E-state index is 12.7. The van der Waals surface area contributed by atoms with Gasteiger partial charge in [0.05, 0.1) is 6.54 Å². The van der Waals surface area contributed by atoms with Crippen LogP contribution in [0.25, 0.3) is 0 Å². The van der Waals surface area contributed by atoms with Gasteiger partial charge in [0.1, 0.15) is 0 Å². The minimum atomic E-state index is -2.52. The number of amides is 1. The Balaban J connectivity index is 0.00000242. The Morgan fingerprint density at radius 3 is 2.50 bits per heavy atom. The van der Waals surface area contributed by atoms with Crippen LogP contribution in [0.5, 0.6) is 0 Å². The monoisotopic (exact) mass is 332 g/mol. The van der Waals surface area contributed by atoms with Crippen LogP contribution in [0.1, 0.15) is 31.2 Å². The van der Waals surface area contributed by atoms with Crippen molar-refractivity contribution in [3.05, 3.63) is 35.9 Å². The van der Waals surface area contributed by atoms with Crippen LogP contribution in [-0.4, -0.2) is 29.8 Å². The lowest BCUT2D eigenvalue weighted by Gasteiger charge is -2.25. The number of carbonyl (C=O) groups excluding carboxylic acids is 1. The zero-order valence-electron chi connectivity index (χ0n) is 12.5. The number of alkyl halides is 2. The number of nitrogens with zero attached hydrogens (tertiary/aromatic N) is 1. The highest BCUT2D eigenvalue weighted by Crippen LogP contribution is 2.27. The van der Waals surface area contributed by atoms with Crippen molar-refractivity contribution in [2.24, 2.45) is 11.7 Å². The molecule has 1 saturated carbocycles. The molecule has 1 aliphatic carbocycles. The summed E-state index contributed by atoms with van der Waals surface area (Å²) in [5, 5.41) is 0. The third-order valence-corrected chi connectivity index (χ3v) is 4.08. The Kier molecular flexibility index (Phi) is 7.76. The number of benzene rings is 1. The van der Waals surface area contributed by atoms with E-state index in [0.717, 1.165) is 24.8 Å². The Labute approximate surface area is 136 Å². The molecule has 0 radical (unpaired) electrons. The number of carbonyl (C=O) groups is 1. The van der Waals surface area contributed by atoms with Crippen molar-refractivity contribution in [2.45, 2.75) is 44.7 Å². The summed E-state index contributed by atoms with van der Waals surface area (Å²) < 4.78 is 25.4. The van der Waals surface area contributed by atoms with Crippen molar-refractivity contribution in [3.8, 4) is 0 Å². The number of nitrogens with two attached hydrogens (primary N) is 1. The highest BCUT2D eigenvalue weighted by molar-refractivity contribution is 5.85. The summed E-state index contributed by atoms with van der Waals surface area (Å²) in [4.78, 5) is 13.6. The molecule has 0 aliphatic heterocycles. The van der Waals surface area contributed by atoms with Gasteiger partial charge in [-0.15, -0.1) is 12.4 Å². The first kappa shape index (κ1) is 18.8. The molecule has 0 aromatic heterocycles. The molecule has 1 amide bonds. The van der Waals surface area contributed by atoms with Gasteiger partial charge in [-0.1, -0.05) is 36.8 Å². The van der Waals surface area contributed by atoms with E-state index in [9.17, 15) is 13.6 Å². The first-order valence-corrected chi connectivity index (χ1v) is 7.41. The average Bonchev–Trinajstić information content (AvgIpc) is 2.84. The van der Waals surface area contributed by atoms with Crippen LogP contribution in [0.4, 0.5) is 8.78 Å². The van der Waals surface area contributed by atoms with Gasteiger partial charge in [-0.05, 0) is 24.3 Å². The molecule has 0 heterocycles. The molecule has 1 aromatic carbocycles. The Morgan fingerprint density at radius 2 is 1.95 bits per heavy atom. The van der Waals surface area contributed by atoms with Crippen molar-refractivity contribution in [3.63, 3.8) is 0 Å². The fourth-order valence-corrected chi connectivity index (χ4v) is 2.90. The van der Waals surface area contributed by atoms with Crippen molar-refractivity contribution in [1.29, 1.82) is 0 Å². The third-order valence-electron chi connectivity index (χ3n) is 4.08. The number of halogens is 3. The van der Waals surface area contributed by atoms with E-state index in [0.29, 0.717) is 0 Å². The van der Waals surface area contributed by atoms with E-state index in [1.165, 1.54) is 4.90 Å². The van der Waals surface area contributed by atoms with E-state index in [-0.39, 0.29) is 43.2 Å². The fraction of sp³-hybridized carbons (Fsp3) is 0.562. The molecule has 124 valence electrons. The predicted octanol–water partition coefficient (Wildman–Crippen LogP) is 3.22. The van der Waals surface area contributed by atoms with E-state index < -0.39 is 13.0 Å². The molecule has 3 nitrogen and oxygen atoms in total. The molecule has 22 heavy (non-hydrogen) atoms. The summed E-state index contributed by atoms with van der Waals surface area (Å²) in [6.07, 6.45) is 0.620. The quantitative estimate of drug-likeness (QED) is 0.869. The first-order valence-electron chi connectivity index (χ1n) is 7.41. The molecule has 6 heteroatoms. The number of hydrogen-bond acceptors (Lipinski definition) is 2.